The van der Waals surface area contributed by atoms with Gasteiger partial charge in [0, 0.05) is 31.0 Å². The molecule has 1 N–H and O–H groups in total. The predicted octanol–water partition coefficient (Wildman–Crippen LogP) is 2.13. The van der Waals surface area contributed by atoms with Crippen LogP contribution in [-0.4, -0.2) is 24.0 Å². The van der Waals surface area contributed by atoms with Crippen LogP contribution >= 0.6 is 0 Å². The van der Waals surface area contributed by atoms with E-state index in [2.05, 4.69) is 10.4 Å². The van der Waals surface area contributed by atoms with Gasteiger partial charge in [0.05, 0.1) is 16.3 Å². The monoisotopic (exact) mass is 293 g/mol. The van der Waals surface area contributed by atoms with Gasteiger partial charge in [0.2, 0.25) is 0 Å². The smallest absolute Gasteiger partial charge is 0.178 e. The molecule has 20 heavy (non-hydrogen) atoms. The maximum atomic E-state index is 11.7. The number of rotatable bonds is 5. The molecule has 0 aliphatic heterocycles. The lowest BCUT2D eigenvalue weighted by Crippen LogP contribution is -2.04. The van der Waals surface area contributed by atoms with E-state index in [1.165, 1.54) is 0 Å². The highest BCUT2D eigenvalue weighted by Crippen LogP contribution is 2.16. The van der Waals surface area contributed by atoms with Gasteiger partial charge in [-0.05, 0) is 31.2 Å². The van der Waals surface area contributed by atoms with Gasteiger partial charge in [-0.1, -0.05) is 6.92 Å². The molecule has 5 nitrogen and oxygen atoms in total. The number of nitrogens with one attached hydrogen (secondary N) is 1. The Bertz CT molecular complexity index is 688. The Labute approximate surface area is 119 Å². The summed E-state index contributed by atoms with van der Waals surface area (Å²) in [6.07, 6.45) is 1.97. The van der Waals surface area contributed by atoms with E-state index >= 15 is 0 Å². The molecule has 1 heterocycles. The SMILES string of the molecule is CCS(=O)(=O)c1ccc(NCc2cn(C)nc2C)cc1. The number of aryl methyl sites for hydroxylation is 2. The largest absolute Gasteiger partial charge is 0.381 e. The fourth-order valence-corrected chi connectivity index (χ4v) is 2.85. The van der Waals surface area contributed by atoms with E-state index in [1.54, 1.807) is 35.9 Å². The van der Waals surface area contributed by atoms with E-state index < -0.39 is 9.84 Å². The van der Waals surface area contributed by atoms with Crippen molar-refractivity contribution in [2.75, 3.05) is 11.1 Å². The molecule has 0 spiro atoms. The highest BCUT2D eigenvalue weighted by molar-refractivity contribution is 7.91. The Kier molecular flexibility index (Phi) is 4.13. The van der Waals surface area contributed by atoms with Gasteiger partial charge in [-0.3, -0.25) is 4.68 Å². The molecule has 0 saturated heterocycles. The first-order chi connectivity index (χ1) is 9.42. The Balaban J connectivity index is 2.06. The summed E-state index contributed by atoms with van der Waals surface area (Å²) < 4.78 is 25.2. The van der Waals surface area contributed by atoms with Crippen LogP contribution in [-0.2, 0) is 23.4 Å². The van der Waals surface area contributed by atoms with Crippen LogP contribution in [0.1, 0.15) is 18.2 Å². The van der Waals surface area contributed by atoms with E-state index in [4.69, 9.17) is 0 Å². The van der Waals surface area contributed by atoms with Crippen molar-refractivity contribution in [2.24, 2.45) is 7.05 Å². The van der Waals surface area contributed by atoms with Gasteiger partial charge in [0.25, 0.3) is 0 Å². The molecule has 1 aromatic carbocycles. The van der Waals surface area contributed by atoms with Crippen molar-refractivity contribution >= 4 is 15.5 Å². The van der Waals surface area contributed by atoms with Crippen molar-refractivity contribution in [1.82, 2.24) is 9.78 Å². The normalized spacial score (nSPS) is 11.6. The van der Waals surface area contributed by atoms with Gasteiger partial charge in [-0.2, -0.15) is 5.10 Å². The van der Waals surface area contributed by atoms with Crippen LogP contribution in [0.3, 0.4) is 0 Å². The van der Waals surface area contributed by atoms with Crippen molar-refractivity contribution in [3.8, 4) is 0 Å². The van der Waals surface area contributed by atoms with Crippen molar-refractivity contribution in [2.45, 2.75) is 25.3 Å². The molecule has 0 radical (unpaired) electrons. The van der Waals surface area contributed by atoms with E-state index in [-0.39, 0.29) is 5.75 Å². The standard InChI is InChI=1S/C14H19N3O2S/c1-4-20(18,19)14-7-5-13(6-8-14)15-9-12-10-17(3)16-11(12)2/h5-8,10,15H,4,9H2,1-3H3. The highest BCUT2D eigenvalue weighted by Gasteiger charge is 2.10. The van der Waals surface area contributed by atoms with Crippen LogP contribution in [0.2, 0.25) is 0 Å². The molecule has 2 aromatic rings. The van der Waals surface area contributed by atoms with E-state index in [0.29, 0.717) is 11.4 Å². The first-order valence-corrected chi connectivity index (χ1v) is 8.13. The number of anilines is 1. The van der Waals surface area contributed by atoms with E-state index in [1.807, 2.05) is 20.2 Å². The zero-order valence-electron chi connectivity index (χ0n) is 11.9. The topological polar surface area (TPSA) is 64.0 Å². The van der Waals surface area contributed by atoms with Crippen molar-refractivity contribution in [3.05, 3.63) is 41.7 Å². The Morgan fingerprint density at radius 3 is 2.40 bits per heavy atom. The number of sulfone groups is 1. The Hall–Kier alpha value is -1.82. The molecule has 2 rings (SSSR count). The van der Waals surface area contributed by atoms with Crippen LogP contribution in [0.25, 0.3) is 0 Å². The van der Waals surface area contributed by atoms with Crippen LogP contribution < -0.4 is 5.32 Å². The molecule has 6 heteroatoms. The molecular weight excluding hydrogens is 274 g/mol. The lowest BCUT2D eigenvalue weighted by atomic mass is 10.2. The summed E-state index contributed by atoms with van der Waals surface area (Å²) in [4.78, 5) is 0.364. The molecule has 1 aromatic heterocycles. The summed E-state index contributed by atoms with van der Waals surface area (Å²) in [5, 5.41) is 7.54. The molecule has 0 aliphatic rings. The third-order valence-electron chi connectivity index (χ3n) is 3.19. The number of hydrogen-bond acceptors (Lipinski definition) is 4. The van der Waals surface area contributed by atoms with Crippen molar-refractivity contribution in [3.63, 3.8) is 0 Å². The molecule has 0 amide bonds. The second kappa shape index (κ2) is 5.66. The van der Waals surface area contributed by atoms with Gasteiger partial charge in [-0.25, -0.2) is 8.42 Å². The third-order valence-corrected chi connectivity index (χ3v) is 4.94. The Morgan fingerprint density at radius 1 is 1.25 bits per heavy atom. The molecular formula is C14H19N3O2S. The van der Waals surface area contributed by atoms with Gasteiger partial charge in [0.1, 0.15) is 0 Å². The highest BCUT2D eigenvalue weighted by atomic mass is 32.2. The van der Waals surface area contributed by atoms with Crippen molar-refractivity contribution in [1.29, 1.82) is 0 Å². The fraction of sp³-hybridized carbons (Fsp3) is 0.357. The summed E-state index contributed by atoms with van der Waals surface area (Å²) >= 11 is 0. The van der Waals surface area contributed by atoms with Crippen LogP contribution in [0, 0.1) is 6.92 Å². The molecule has 0 atom stereocenters. The number of hydrogen-bond donors (Lipinski definition) is 1. The number of aromatic nitrogens is 2. The quantitative estimate of drug-likeness (QED) is 0.917. The summed E-state index contributed by atoms with van der Waals surface area (Å²) in [6, 6.07) is 6.84. The molecule has 0 bridgehead atoms. The second-order valence-electron chi connectivity index (χ2n) is 4.69. The lowest BCUT2D eigenvalue weighted by Gasteiger charge is -2.07. The minimum absolute atomic E-state index is 0.120. The average Bonchev–Trinajstić information content (AvgIpc) is 2.75. The van der Waals surface area contributed by atoms with Gasteiger partial charge < -0.3 is 5.32 Å². The lowest BCUT2D eigenvalue weighted by molar-refractivity contribution is 0.597. The molecule has 0 aliphatic carbocycles. The first kappa shape index (κ1) is 14.6. The minimum atomic E-state index is -3.13. The van der Waals surface area contributed by atoms with Crippen molar-refractivity contribution < 1.29 is 8.42 Å². The molecule has 0 unspecified atom stereocenters. The van der Waals surface area contributed by atoms with E-state index in [0.717, 1.165) is 16.9 Å². The number of benzene rings is 1. The minimum Gasteiger partial charge on any atom is -0.381 e. The van der Waals surface area contributed by atoms with E-state index in [9.17, 15) is 8.42 Å². The maximum Gasteiger partial charge on any atom is 0.178 e. The fourth-order valence-electron chi connectivity index (χ4n) is 1.97. The molecule has 0 fully saturated rings. The van der Waals surface area contributed by atoms with Gasteiger partial charge in [0.15, 0.2) is 9.84 Å². The zero-order chi connectivity index (χ0) is 14.8. The summed E-state index contributed by atoms with van der Waals surface area (Å²) in [5.41, 5.74) is 3.01. The molecule has 108 valence electrons. The first-order valence-electron chi connectivity index (χ1n) is 6.48. The third kappa shape index (κ3) is 3.19. The summed E-state index contributed by atoms with van der Waals surface area (Å²) in [6.45, 7) is 4.28. The zero-order valence-corrected chi connectivity index (χ0v) is 12.7. The predicted molar refractivity (Wildman–Crippen MR) is 79.4 cm³/mol. The van der Waals surface area contributed by atoms with Gasteiger partial charge >= 0.3 is 0 Å². The second-order valence-corrected chi connectivity index (χ2v) is 6.97. The summed E-state index contributed by atoms with van der Waals surface area (Å²) in [7, 11) is -1.24. The van der Waals surface area contributed by atoms with Crippen LogP contribution in [0.5, 0.6) is 0 Å². The molecule has 0 saturated carbocycles. The average molecular weight is 293 g/mol. The maximum absolute atomic E-state index is 11.7. The van der Waals surface area contributed by atoms with Gasteiger partial charge in [-0.15, -0.1) is 0 Å². The number of nitrogens with zero attached hydrogens (tertiary/aromatic N) is 2. The van der Waals surface area contributed by atoms with Crippen LogP contribution in [0.4, 0.5) is 5.69 Å². The Morgan fingerprint density at radius 2 is 1.90 bits per heavy atom. The van der Waals surface area contributed by atoms with Crippen LogP contribution in [0.15, 0.2) is 35.4 Å². The summed E-state index contributed by atoms with van der Waals surface area (Å²) in [5.74, 6) is 0.120.